The summed E-state index contributed by atoms with van der Waals surface area (Å²) in [4.78, 5) is 11.8. The molecule has 5 nitrogen and oxygen atoms in total. The van der Waals surface area contributed by atoms with Gasteiger partial charge in [0.1, 0.15) is 12.1 Å². The van der Waals surface area contributed by atoms with Crippen LogP contribution in [0.4, 0.5) is 4.39 Å². The summed E-state index contributed by atoms with van der Waals surface area (Å²) in [5.41, 5.74) is 0.351. The molecule has 2 aromatic rings. The van der Waals surface area contributed by atoms with Gasteiger partial charge in [-0.05, 0) is 19.1 Å². The minimum atomic E-state index is -0.375. The van der Waals surface area contributed by atoms with Crippen LogP contribution >= 0.6 is 11.8 Å². The lowest BCUT2D eigenvalue weighted by atomic mass is 10.3. The molecule has 1 aromatic heterocycles. The van der Waals surface area contributed by atoms with E-state index in [0.717, 1.165) is 0 Å². The van der Waals surface area contributed by atoms with E-state index in [1.807, 2.05) is 0 Å². The van der Waals surface area contributed by atoms with Gasteiger partial charge in [0.2, 0.25) is 5.91 Å². The maximum absolute atomic E-state index is 13.8. The zero-order valence-electron chi connectivity index (χ0n) is 11.5. The highest BCUT2D eigenvalue weighted by Gasteiger charge is 2.18. The number of para-hydroxylation sites is 1. The fourth-order valence-corrected chi connectivity index (χ4v) is 2.51. The third kappa shape index (κ3) is 3.69. The minimum absolute atomic E-state index is 0.136. The van der Waals surface area contributed by atoms with Gasteiger partial charge in [-0.3, -0.25) is 9.36 Å². The summed E-state index contributed by atoms with van der Waals surface area (Å²) in [6.45, 7) is 5.70. The molecule has 2 rings (SSSR count). The lowest BCUT2D eigenvalue weighted by Crippen LogP contribution is -2.31. The van der Waals surface area contributed by atoms with Gasteiger partial charge in [0.25, 0.3) is 0 Å². The Morgan fingerprint density at radius 2 is 2.33 bits per heavy atom. The Hall–Kier alpha value is -2.15. The normalized spacial score (nSPS) is 11.9. The molecule has 0 fully saturated rings. The third-order valence-corrected chi connectivity index (χ3v) is 3.76. The van der Waals surface area contributed by atoms with Crippen molar-refractivity contribution in [2.24, 2.45) is 0 Å². The Balaban J connectivity index is 2.16. The summed E-state index contributed by atoms with van der Waals surface area (Å²) in [6, 6.07) is 6.34. The Morgan fingerprint density at radius 3 is 3.05 bits per heavy atom. The van der Waals surface area contributed by atoms with Crippen molar-refractivity contribution in [2.75, 3.05) is 6.54 Å². The molecule has 0 bridgehead atoms. The first kappa shape index (κ1) is 15.2. The second-order valence-corrected chi connectivity index (χ2v) is 5.54. The maximum atomic E-state index is 13.8. The topological polar surface area (TPSA) is 59.8 Å². The molecule has 110 valence electrons. The molecule has 21 heavy (non-hydrogen) atoms. The quantitative estimate of drug-likeness (QED) is 0.656. The number of hydrogen-bond donors (Lipinski definition) is 1. The molecule has 1 heterocycles. The zero-order valence-corrected chi connectivity index (χ0v) is 12.3. The van der Waals surface area contributed by atoms with Gasteiger partial charge in [-0.2, -0.15) is 0 Å². The summed E-state index contributed by atoms with van der Waals surface area (Å²) in [6.07, 6.45) is 3.03. The molecule has 7 heteroatoms. The summed E-state index contributed by atoms with van der Waals surface area (Å²) in [7, 11) is 0. The van der Waals surface area contributed by atoms with Crippen molar-refractivity contribution in [3.63, 3.8) is 0 Å². The number of halogens is 1. The molecule has 0 aliphatic carbocycles. The number of carbonyl (C=O) groups excluding carboxylic acids is 1. The second-order valence-electron chi connectivity index (χ2n) is 4.23. The van der Waals surface area contributed by atoms with E-state index in [2.05, 4.69) is 22.1 Å². The Labute approximate surface area is 126 Å². The lowest BCUT2D eigenvalue weighted by Gasteiger charge is -2.11. The Kier molecular flexibility index (Phi) is 5.10. The van der Waals surface area contributed by atoms with Gasteiger partial charge < -0.3 is 5.32 Å². The largest absolute Gasteiger partial charge is 0.352 e. The van der Waals surface area contributed by atoms with E-state index >= 15 is 0 Å². The van der Waals surface area contributed by atoms with Crippen LogP contribution in [0.1, 0.15) is 6.92 Å². The number of carbonyl (C=O) groups is 1. The van der Waals surface area contributed by atoms with Crippen LogP contribution in [0.3, 0.4) is 0 Å². The fourth-order valence-electron chi connectivity index (χ4n) is 1.65. The summed E-state index contributed by atoms with van der Waals surface area (Å²) in [5, 5.41) is 10.5. The van der Waals surface area contributed by atoms with Crippen LogP contribution in [0, 0.1) is 5.82 Å². The molecular weight excluding hydrogens is 291 g/mol. The number of benzene rings is 1. The average Bonchev–Trinajstić information content (AvgIpc) is 2.93. The molecule has 1 unspecified atom stereocenters. The van der Waals surface area contributed by atoms with Gasteiger partial charge >= 0.3 is 0 Å². The van der Waals surface area contributed by atoms with Crippen molar-refractivity contribution in [3.8, 4) is 5.69 Å². The molecule has 1 N–H and O–H groups in total. The summed E-state index contributed by atoms with van der Waals surface area (Å²) in [5.74, 6) is -0.508. The van der Waals surface area contributed by atoms with Gasteiger partial charge in [-0.15, -0.1) is 16.8 Å². The first-order valence-corrected chi connectivity index (χ1v) is 7.21. The van der Waals surface area contributed by atoms with Crippen molar-refractivity contribution in [3.05, 3.63) is 49.1 Å². The molecule has 0 saturated heterocycles. The van der Waals surface area contributed by atoms with Crippen LogP contribution < -0.4 is 5.32 Å². The van der Waals surface area contributed by atoms with Crippen molar-refractivity contribution < 1.29 is 9.18 Å². The number of thioether (sulfide) groups is 1. The van der Waals surface area contributed by atoms with Crippen LogP contribution in [-0.2, 0) is 4.79 Å². The van der Waals surface area contributed by atoms with Crippen molar-refractivity contribution >= 4 is 17.7 Å². The molecular formula is C14H15FN4OS. The van der Waals surface area contributed by atoms with Gasteiger partial charge in [-0.1, -0.05) is 30.0 Å². The third-order valence-electron chi connectivity index (χ3n) is 2.70. The number of hydrogen-bond acceptors (Lipinski definition) is 4. The predicted molar refractivity (Wildman–Crippen MR) is 79.8 cm³/mol. The van der Waals surface area contributed by atoms with Crippen LogP contribution in [0.25, 0.3) is 5.69 Å². The van der Waals surface area contributed by atoms with Crippen LogP contribution in [0.15, 0.2) is 48.4 Å². The molecule has 1 atom stereocenters. The van der Waals surface area contributed by atoms with E-state index in [0.29, 0.717) is 17.4 Å². The number of aromatic nitrogens is 3. The standard InChI is InChI=1S/C14H15FN4OS/c1-3-8-16-13(20)10(2)21-14-18-17-9-19(14)12-7-5-4-6-11(12)15/h3-7,9-10H,1,8H2,2H3,(H,16,20). The fraction of sp³-hybridized carbons (Fsp3) is 0.214. The SMILES string of the molecule is C=CCNC(=O)C(C)Sc1nncn1-c1ccccc1F. The highest BCUT2D eigenvalue weighted by molar-refractivity contribution is 8.00. The molecule has 0 spiro atoms. The molecule has 0 aliphatic rings. The van der Waals surface area contributed by atoms with Gasteiger partial charge in [0, 0.05) is 6.54 Å². The average molecular weight is 306 g/mol. The molecule has 1 aromatic carbocycles. The second kappa shape index (κ2) is 7.03. The lowest BCUT2D eigenvalue weighted by molar-refractivity contribution is -0.120. The van der Waals surface area contributed by atoms with Crippen LogP contribution in [-0.4, -0.2) is 32.5 Å². The van der Waals surface area contributed by atoms with Gasteiger partial charge in [0.15, 0.2) is 5.16 Å². The van der Waals surface area contributed by atoms with Crippen molar-refractivity contribution in [1.82, 2.24) is 20.1 Å². The molecule has 1 amide bonds. The maximum Gasteiger partial charge on any atom is 0.233 e. The first-order valence-electron chi connectivity index (χ1n) is 6.33. The molecule has 0 saturated carbocycles. The van der Waals surface area contributed by atoms with E-state index in [9.17, 15) is 9.18 Å². The van der Waals surface area contributed by atoms with E-state index in [1.54, 1.807) is 31.2 Å². The van der Waals surface area contributed by atoms with E-state index in [1.165, 1.54) is 28.7 Å². The smallest absolute Gasteiger partial charge is 0.233 e. The number of rotatable bonds is 6. The highest BCUT2D eigenvalue weighted by atomic mass is 32.2. The molecule has 0 aliphatic heterocycles. The summed E-state index contributed by atoms with van der Waals surface area (Å²) < 4.78 is 15.3. The van der Waals surface area contributed by atoms with Crippen LogP contribution in [0.2, 0.25) is 0 Å². The minimum Gasteiger partial charge on any atom is -0.352 e. The molecule has 0 radical (unpaired) electrons. The Bertz CT molecular complexity index is 643. The van der Waals surface area contributed by atoms with Gasteiger partial charge in [-0.25, -0.2) is 4.39 Å². The van der Waals surface area contributed by atoms with Gasteiger partial charge in [0.05, 0.1) is 10.9 Å². The van der Waals surface area contributed by atoms with E-state index in [-0.39, 0.29) is 17.0 Å². The Morgan fingerprint density at radius 1 is 1.57 bits per heavy atom. The van der Waals surface area contributed by atoms with E-state index in [4.69, 9.17) is 0 Å². The first-order chi connectivity index (χ1) is 10.1. The predicted octanol–water partition coefficient (Wildman–Crippen LogP) is 2.19. The highest BCUT2D eigenvalue weighted by Crippen LogP contribution is 2.24. The number of amides is 1. The van der Waals surface area contributed by atoms with E-state index < -0.39 is 0 Å². The number of nitrogens with one attached hydrogen (secondary N) is 1. The monoisotopic (exact) mass is 306 g/mol. The van der Waals surface area contributed by atoms with Crippen LogP contribution in [0.5, 0.6) is 0 Å². The summed E-state index contributed by atoms with van der Waals surface area (Å²) >= 11 is 1.22. The zero-order chi connectivity index (χ0) is 15.2. The van der Waals surface area contributed by atoms with Crippen molar-refractivity contribution in [1.29, 1.82) is 0 Å². The van der Waals surface area contributed by atoms with Crippen molar-refractivity contribution in [2.45, 2.75) is 17.3 Å². The number of nitrogens with zero attached hydrogens (tertiary/aromatic N) is 3.